The van der Waals surface area contributed by atoms with E-state index in [1.807, 2.05) is 0 Å². The molecule has 4 nitrogen and oxygen atoms in total. The zero-order valence-corrected chi connectivity index (χ0v) is 19.2. The lowest BCUT2D eigenvalue weighted by Gasteiger charge is -2.16. The molecule has 0 amide bonds. The Labute approximate surface area is 181 Å². The summed E-state index contributed by atoms with van der Waals surface area (Å²) in [4.78, 5) is 6.90. The maximum atomic E-state index is 4.72. The first kappa shape index (κ1) is 23.4. The fourth-order valence-corrected chi connectivity index (χ4v) is 2.78. The second-order valence-corrected chi connectivity index (χ2v) is 6.94. The quantitative estimate of drug-likeness (QED) is 0.338. The normalized spacial score (nSPS) is 12.4. The van der Waals surface area contributed by atoms with Crippen molar-refractivity contribution in [2.45, 2.75) is 32.9 Å². The van der Waals surface area contributed by atoms with Crippen molar-refractivity contribution in [3.8, 4) is 0 Å². The lowest BCUT2D eigenvalue weighted by molar-refractivity contribution is 0.402. The van der Waals surface area contributed by atoms with Gasteiger partial charge in [-0.3, -0.25) is 0 Å². The van der Waals surface area contributed by atoms with Gasteiger partial charge in [0, 0.05) is 19.6 Å². The first-order valence-electron chi connectivity index (χ1n) is 9.38. The third-order valence-corrected chi connectivity index (χ3v) is 4.23. The minimum absolute atomic E-state index is 0. The van der Waals surface area contributed by atoms with E-state index < -0.39 is 0 Å². The van der Waals surface area contributed by atoms with Crippen LogP contribution in [-0.4, -0.2) is 38.0 Å². The largest absolute Gasteiger partial charge is 0.357 e. The van der Waals surface area contributed by atoms with Crippen LogP contribution in [0.4, 0.5) is 0 Å². The zero-order valence-electron chi connectivity index (χ0n) is 16.9. The molecule has 0 saturated carbocycles. The van der Waals surface area contributed by atoms with Crippen molar-refractivity contribution in [2.75, 3.05) is 27.2 Å². The topological polar surface area (TPSA) is 39.7 Å². The van der Waals surface area contributed by atoms with Gasteiger partial charge >= 0.3 is 0 Å². The number of rotatable bonds is 8. The molecule has 0 aliphatic carbocycles. The molecule has 0 aliphatic heterocycles. The van der Waals surface area contributed by atoms with Crippen molar-refractivity contribution < 1.29 is 0 Å². The van der Waals surface area contributed by atoms with Crippen molar-refractivity contribution in [2.24, 2.45) is 4.99 Å². The molecule has 0 aromatic heterocycles. The lowest BCUT2D eigenvalue weighted by atomic mass is 10.0. The van der Waals surface area contributed by atoms with Gasteiger partial charge in [0.15, 0.2) is 5.96 Å². The van der Waals surface area contributed by atoms with E-state index in [4.69, 9.17) is 4.99 Å². The number of aliphatic imine (C=N–C) groups is 1. The number of benzene rings is 2. The van der Waals surface area contributed by atoms with E-state index in [0.29, 0.717) is 12.5 Å². The Hall–Kier alpha value is -1.60. The van der Waals surface area contributed by atoms with E-state index >= 15 is 0 Å². The average Bonchev–Trinajstić information content (AvgIpc) is 2.65. The highest BCUT2D eigenvalue weighted by molar-refractivity contribution is 14.0. The molecule has 0 fully saturated rings. The number of nitrogens with zero attached hydrogens (tertiary/aromatic N) is 2. The lowest BCUT2D eigenvalue weighted by Crippen LogP contribution is -2.39. The van der Waals surface area contributed by atoms with Gasteiger partial charge in [-0.1, -0.05) is 61.5 Å². The van der Waals surface area contributed by atoms with Gasteiger partial charge in [-0.15, -0.1) is 24.0 Å². The molecule has 1 unspecified atom stereocenters. The van der Waals surface area contributed by atoms with Crippen LogP contribution >= 0.6 is 24.0 Å². The van der Waals surface area contributed by atoms with Gasteiger partial charge in [-0.05, 0) is 43.6 Å². The molecule has 0 heterocycles. The van der Waals surface area contributed by atoms with E-state index in [-0.39, 0.29) is 24.0 Å². The zero-order chi connectivity index (χ0) is 18.8. The summed E-state index contributed by atoms with van der Waals surface area (Å²) in [5.74, 6) is 1.30. The summed E-state index contributed by atoms with van der Waals surface area (Å²) in [5, 5.41) is 6.79. The van der Waals surface area contributed by atoms with Crippen LogP contribution in [0.2, 0.25) is 0 Å². The summed E-state index contributed by atoms with van der Waals surface area (Å²) in [7, 11) is 4.17. The highest BCUT2D eigenvalue weighted by Gasteiger charge is 2.06. The van der Waals surface area contributed by atoms with Crippen molar-refractivity contribution in [1.82, 2.24) is 15.5 Å². The molecule has 0 radical (unpaired) electrons. The minimum atomic E-state index is 0. The first-order valence-corrected chi connectivity index (χ1v) is 9.38. The third-order valence-electron chi connectivity index (χ3n) is 4.23. The van der Waals surface area contributed by atoms with Crippen LogP contribution in [0.1, 0.15) is 36.5 Å². The molecule has 148 valence electrons. The summed E-state index contributed by atoms with van der Waals surface area (Å²) in [6.07, 6.45) is 0. The van der Waals surface area contributed by atoms with Crippen LogP contribution in [-0.2, 0) is 13.1 Å². The standard InChI is InChI=1S/C22H32N4.HI/c1-5-23-22(24-15-18(2)21-9-7-6-8-10-21)25-16-19-11-13-20(14-12-19)17-26(3)4;/h6-14,18H,5,15-17H2,1-4H3,(H2,23,24,25);1H. The predicted octanol–water partition coefficient (Wildman–Crippen LogP) is 4.23. The summed E-state index contributed by atoms with van der Waals surface area (Å²) in [6, 6.07) is 19.3. The van der Waals surface area contributed by atoms with Crippen molar-refractivity contribution >= 4 is 29.9 Å². The van der Waals surface area contributed by atoms with Crippen LogP contribution in [0.5, 0.6) is 0 Å². The minimum Gasteiger partial charge on any atom is -0.357 e. The van der Waals surface area contributed by atoms with Crippen LogP contribution < -0.4 is 10.6 Å². The van der Waals surface area contributed by atoms with Gasteiger partial charge in [0.25, 0.3) is 0 Å². The molecule has 5 heteroatoms. The van der Waals surface area contributed by atoms with E-state index in [9.17, 15) is 0 Å². The molecule has 0 saturated heterocycles. The molecule has 2 rings (SSSR count). The van der Waals surface area contributed by atoms with Crippen LogP contribution in [0.3, 0.4) is 0 Å². The van der Waals surface area contributed by atoms with E-state index in [2.05, 4.69) is 98.1 Å². The highest BCUT2D eigenvalue weighted by Crippen LogP contribution is 2.13. The highest BCUT2D eigenvalue weighted by atomic mass is 127. The Morgan fingerprint density at radius 1 is 0.963 bits per heavy atom. The molecule has 0 spiro atoms. The number of nitrogens with one attached hydrogen (secondary N) is 2. The van der Waals surface area contributed by atoms with Crippen LogP contribution in [0.15, 0.2) is 59.6 Å². The molecule has 1 atom stereocenters. The Balaban J connectivity index is 0.00000364. The maximum absolute atomic E-state index is 4.72. The number of guanidine groups is 1. The molecular weight excluding hydrogens is 447 g/mol. The second kappa shape index (κ2) is 12.7. The fraction of sp³-hybridized carbons (Fsp3) is 0.409. The summed E-state index contributed by atoms with van der Waals surface area (Å²) < 4.78 is 0. The molecule has 0 aliphatic rings. The van der Waals surface area contributed by atoms with Crippen LogP contribution in [0.25, 0.3) is 0 Å². The Morgan fingerprint density at radius 3 is 2.19 bits per heavy atom. The average molecular weight is 480 g/mol. The van der Waals surface area contributed by atoms with Crippen molar-refractivity contribution in [3.63, 3.8) is 0 Å². The molecule has 0 bridgehead atoms. The van der Waals surface area contributed by atoms with Crippen molar-refractivity contribution in [1.29, 1.82) is 0 Å². The third kappa shape index (κ3) is 8.75. The Morgan fingerprint density at radius 2 is 1.59 bits per heavy atom. The fourth-order valence-electron chi connectivity index (χ4n) is 2.78. The molecule has 2 N–H and O–H groups in total. The summed E-state index contributed by atoms with van der Waals surface area (Å²) in [5.41, 5.74) is 3.89. The van der Waals surface area contributed by atoms with E-state index in [1.165, 1.54) is 16.7 Å². The van der Waals surface area contributed by atoms with Crippen LogP contribution in [0, 0.1) is 0 Å². The Bertz CT molecular complexity index is 668. The van der Waals surface area contributed by atoms with Gasteiger partial charge in [0.05, 0.1) is 6.54 Å². The number of hydrogen-bond acceptors (Lipinski definition) is 2. The second-order valence-electron chi connectivity index (χ2n) is 6.94. The molecule has 27 heavy (non-hydrogen) atoms. The smallest absolute Gasteiger partial charge is 0.191 e. The SMILES string of the molecule is CCNC(=NCc1ccc(CN(C)C)cc1)NCC(C)c1ccccc1.I. The first-order chi connectivity index (χ1) is 12.6. The monoisotopic (exact) mass is 480 g/mol. The Kier molecular flexibility index (Phi) is 11.0. The van der Waals surface area contributed by atoms with E-state index in [1.54, 1.807) is 0 Å². The van der Waals surface area contributed by atoms with Crippen molar-refractivity contribution in [3.05, 3.63) is 71.3 Å². The predicted molar refractivity (Wildman–Crippen MR) is 127 cm³/mol. The molecular formula is C22H33IN4. The molecule has 2 aromatic carbocycles. The summed E-state index contributed by atoms with van der Waals surface area (Å²) in [6.45, 7) is 7.68. The van der Waals surface area contributed by atoms with Gasteiger partial charge in [0.2, 0.25) is 0 Å². The maximum Gasteiger partial charge on any atom is 0.191 e. The number of halogens is 1. The van der Waals surface area contributed by atoms with E-state index in [0.717, 1.165) is 25.6 Å². The van der Waals surface area contributed by atoms with Gasteiger partial charge < -0.3 is 15.5 Å². The van der Waals surface area contributed by atoms with Gasteiger partial charge in [0.1, 0.15) is 0 Å². The van der Waals surface area contributed by atoms with Gasteiger partial charge in [-0.2, -0.15) is 0 Å². The van der Waals surface area contributed by atoms with Gasteiger partial charge in [-0.25, -0.2) is 4.99 Å². The summed E-state index contributed by atoms with van der Waals surface area (Å²) >= 11 is 0. The molecule has 2 aromatic rings. The number of hydrogen-bond donors (Lipinski definition) is 2.